The summed E-state index contributed by atoms with van der Waals surface area (Å²) < 4.78 is 39.1. The molecule has 2 heterocycles. The molecule has 2 saturated heterocycles. The largest absolute Gasteiger partial charge is 0.313 e. The molecule has 0 aromatic heterocycles. The van der Waals surface area contributed by atoms with Crippen molar-refractivity contribution in [2.24, 2.45) is 4.99 Å². The second kappa shape index (κ2) is 7.36. The van der Waals surface area contributed by atoms with E-state index in [1.54, 1.807) is 17.0 Å². The minimum absolute atomic E-state index is 0.0269. The third kappa shape index (κ3) is 4.09. The first-order valence-electron chi connectivity index (χ1n) is 8.03. The Bertz CT molecular complexity index is 829. The van der Waals surface area contributed by atoms with Gasteiger partial charge in [-0.25, -0.2) is 12.8 Å². The number of nitrogens with zero attached hydrogens (tertiary/aromatic N) is 2. The number of carbonyl (C=O) groups excluding carboxylic acids is 1. The van der Waals surface area contributed by atoms with Crippen molar-refractivity contribution in [3.8, 4) is 0 Å². The molecule has 3 rings (SSSR count). The number of sulfone groups is 1. The van der Waals surface area contributed by atoms with Gasteiger partial charge in [-0.1, -0.05) is 41.0 Å². The van der Waals surface area contributed by atoms with Crippen LogP contribution in [0.4, 0.5) is 10.1 Å². The highest BCUT2D eigenvalue weighted by atomic mass is 79.9. The van der Waals surface area contributed by atoms with Crippen molar-refractivity contribution in [2.75, 3.05) is 16.4 Å². The lowest BCUT2D eigenvalue weighted by molar-refractivity contribution is -0.117. The molecule has 136 valence electrons. The van der Waals surface area contributed by atoms with E-state index in [2.05, 4.69) is 20.9 Å². The van der Waals surface area contributed by atoms with E-state index >= 15 is 0 Å². The minimum Gasteiger partial charge on any atom is -0.313 e. The highest BCUT2D eigenvalue weighted by Gasteiger charge is 2.49. The molecule has 1 aromatic rings. The van der Waals surface area contributed by atoms with Gasteiger partial charge in [-0.2, -0.15) is 4.99 Å². The van der Waals surface area contributed by atoms with Crippen LogP contribution in [0.3, 0.4) is 0 Å². The molecule has 0 radical (unpaired) electrons. The van der Waals surface area contributed by atoms with Crippen molar-refractivity contribution in [1.29, 1.82) is 0 Å². The first-order chi connectivity index (χ1) is 11.8. The molecule has 2 aliphatic rings. The number of hydrogen-bond donors (Lipinski definition) is 0. The fourth-order valence-corrected chi connectivity index (χ4v) is 7.27. The van der Waals surface area contributed by atoms with Crippen molar-refractivity contribution in [1.82, 2.24) is 0 Å². The van der Waals surface area contributed by atoms with Gasteiger partial charge < -0.3 is 4.90 Å². The molecular weight excluding hydrogens is 431 g/mol. The Morgan fingerprint density at radius 2 is 2.20 bits per heavy atom. The van der Waals surface area contributed by atoms with E-state index in [1.165, 1.54) is 17.8 Å². The minimum atomic E-state index is -3.17. The summed E-state index contributed by atoms with van der Waals surface area (Å²) in [6, 6.07) is 4.20. The van der Waals surface area contributed by atoms with Crippen LogP contribution in [0.25, 0.3) is 0 Å². The fourth-order valence-electron chi connectivity index (χ4n) is 3.01. The van der Waals surface area contributed by atoms with Crippen molar-refractivity contribution in [3.63, 3.8) is 0 Å². The number of rotatable bonds is 4. The van der Waals surface area contributed by atoms with Crippen LogP contribution in [0.15, 0.2) is 27.7 Å². The average molecular weight is 449 g/mol. The number of hydrogen-bond acceptors (Lipinski definition) is 4. The molecule has 0 spiro atoms. The Morgan fingerprint density at radius 1 is 1.44 bits per heavy atom. The summed E-state index contributed by atoms with van der Waals surface area (Å²) in [6.45, 7) is 1.99. The van der Waals surface area contributed by atoms with Crippen molar-refractivity contribution >= 4 is 54.3 Å². The molecular formula is C16H18BrFN2O3S2. The number of carbonyl (C=O) groups is 1. The van der Waals surface area contributed by atoms with Crippen LogP contribution in [-0.2, 0) is 14.6 Å². The van der Waals surface area contributed by atoms with Gasteiger partial charge in [-0.05, 0) is 24.6 Å². The number of fused-ring (bicyclic) bond motifs is 1. The fraction of sp³-hybridized carbons (Fsp3) is 0.500. The normalized spacial score (nSPS) is 26.2. The molecule has 2 aliphatic heterocycles. The quantitative estimate of drug-likeness (QED) is 0.705. The number of anilines is 1. The summed E-state index contributed by atoms with van der Waals surface area (Å²) in [7, 11) is -3.17. The molecule has 2 fully saturated rings. The van der Waals surface area contributed by atoms with Gasteiger partial charge in [0.1, 0.15) is 5.82 Å². The highest BCUT2D eigenvalue weighted by Crippen LogP contribution is 2.42. The number of benzene rings is 1. The van der Waals surface area contributed by atoms with Crippen LogP contribution < -0.4 is 4.90 Å². The lowest BCUT2D eigenvalue weighted by Gasteiger charge is -2.25. The van der Waals surface area contributed by atoms with E-state index in [1.807, 2.05) is 6.92 Å². The molecule has 25 heavy (non-hydrogen) atoms. The van der Waals surface area contributed by atoms with Crippen LogP contribution in [0, 0.1) is 5.82 Å². The van der Waals surface area contributed by atoms with Crippen LogP contribution >= 0.6 is 27.7 Å². The maximum atomic E-state index is 14.5. The van der Waals surface area contributed by atoms with Gasteiger partial charge in [0.05, 0.1) is 23.2 Å². The zero-order valence-corrected chi connectivity index (χ0v) is 16.8. The van der Waals surface area contributed by atoms with Crippen molar-refractivity contribution < 1.29 is 17.6 Å². The maximum Gasteiger partial charge on any atom is 0.248 e. The first-order valence-corrected chi connectivity index (χ1v) is 11.5. The van der Waals surface area contributed by atoms with Crippen LogP contribution in [0.2, 0.25) is 0 Å². The Balaban J connectivity index is 1.98. The van der Waals surface area contributed by atoms with E-state index in [9.17, 15) is 17.6 Å². The molecule has 0 aliphatic carbocycles. The van der Waals surface area contributed by atoms with E-state index < -0.39 is 21.7 Å². The van der Waals surface area contributed by atoms with Gasteiger partial charge in [0.15, 0.2) is 15.0 Å². The molecule has 1 aromatic carbocycles. The summed E-state index contributed by atoms with van der Waals surface area (Å²) in [5.41, 5.74) is 0.252. The number of halogens is 2. The van der Waals surface area contributed by atoms with Crippen LogP contribution in [0.5, 0.6) is 0 Å². The Labute approximate surface area is 159 Å². The molecule has 0 bridgehead atoms. The summed E-state index contributed by atoms with van der Waals surface area (Å²) in [5, 5.41) is 0.165. The summed E-state index contributed by atoms with van der Waals surface area (Å²) in [4.78, 5) is 17.8. The molecule has 0 N–H and O–H groups in total. The first kappa shape index (κ1) is 18.8. The standard InChI is InChI=1S/C16H18BrFN2O3S2/c1-2-3-4-15(21)19-16-20(12-6-5-10(17)7-11(12)18)13-8-25(22,23)9-14(13)24-16/h5-7,13-14H,2-4,8-9H2,1H3/t13-,14-/m0/s1. The third-order valence-electron chi connectivity index (χ3n) is 4.20. The Kier molecular flexibility index (Phi) is 5.55. The Morgan fingerprint density at radius 3 is 2.88 bits per heavy atom. The molecule has 2 atom stereocenters. The number of aliphatic imine (C=N–C) groups is 1. The number of unbranched alkanes of at least 4 members (excludes halogenated alkanes) is 1. The predicted octanol–water partition coefficient (Wildman–Crippen LogP) is 3.38. The van der Waals surface area contributed by atoms with Gasteiger partial charge in [0.2, 0.25) is 5.91 Å². The van der Waals surface area contributed by atoms with E-state index in [4.69, 9.17) is 0 Å². The topological polar surface area (TPSA) is 66.8 Å². The van der Waals surface area contributed by atoms with Crippen LogP contribution in [0.1, 0.15) is 26.2 Å². The summed E-state index contributed by atoms with van der Waals surface area (Å²) in [5.74, 6) is -0.759. The number of thioether (sulfide) groups is 1. The monoisotopic (exact) mass is 448 g/mol. The van der Waals surface area contributed by atoms with E-state index in [0.717, 1.165) is 12.8 Å². The SMILES string of the molecule is CCCCC(=O)N=C1S[C@H]2CS(=O)(=O)C[C@@H]2N1c1ccc(Br)cc1F. The van der Waals surface area contributed by atoms with Crippen molar-refractivity contribution in [3.05, 3.63) is 28.5 Å². The van der Waals surface area contributed by atoms with E-state index in [-0.39, 0.29) is 28.4 Å². The average Bonchev–Trinajstić information content (AvgIpc) is 2.97. The van der Waals surface area contributed by atoms with Gasteiger partial charge in [0.25, 0.3) is 0 Å². The highest BCUT2D eigenvalue weighted by molar-refractivity contribution is 9.10. The zero-order valence-electron chi connectivity index (χ0n) is 13.6. The lowest BCUT2D eigenvalue weighted by atomic mass is 10.2. The predicted molar refractivity (Wildman–Crippen MR) is 102 cm³/mol. The lowest BCUT2D eigenvalue weighted by Crippen LogP contribution is -2.38. The number of amidine groups is 1. The maximum absolute atomic E-state index is 14.5. The van der Waals surface area contributed by atoms with Gasteiger partial charge in [0, 0.05) is 16.1 Å². The van der Waals surface area contributed by atoms with Gasteiger partial charge in [-0.3, -0.25) is 4.79 Å². The van der Waals surface area contributed by atoms with Crippen LogP contribution in [-0.4, -0.2) is 42.3 Å². The van der Waals surface area contributed by atoms with E-state index in [0.29, 0.717) is 16.1 Å². The summed E-state index contributed by atoms with van der Waals surface area (Å²) in [6.07, 6.45) is 1.97. The zero-order chi connectivity index (χ0) is 18.2. The molecule has 9 heteroatoms. The second-order valence-corrected chi connectivity index (χ2v) is 10.4. The summed E-state index contributed by atoms with van der Waals surface area (Å²) >= 11 is 4.48. The smallest absolute Gasteiger partial charge is 0.248 e. The van der Waals surface area contributed by atoms with Crippen molar-refractivity contribution in [2.45, 2.75) is 37.5 Å². The van der Waals surface area contributed by atoms with Gasteiger partial charge in [-0.15, -0.1) is 0 Å². The number of amides is 1. The third-order valence-corrected chi connectivity index (χ3v) is 7.90. The second-order valence-electron chi connectivity index (χ2n) is 6.16. The molecule has 0 unspecified atom stereocenters. The van der Waals surface area contributed by atoms with Gasteiger partial charge >= 0.3 is 0 Å². The molecule has 0 saturated carbocycles. The Hall–Kier alpha value is -0.930. The molecule has 1 amide bonds. The molecule has 5 nitrogen and oxygen atoms in total.